The minimum atomic E-state index is -3.77. The highest BCUT2D eigenvalue weighted by molar-refractivity contribution is 7.92. The molecular weight excluding hydrogens is 364 g/mol. The average molecular weight is 386 g/mol. The number of carbonyl (C=O) groups excluding carboxylic acids is 1. The normalized spacial score (nSPS) is 22.4. The summed E-state index contributed by atoms with van der Waals surface area (Å²) >= 11 is 0. The van der Waals surface area contributed by atoms with Crippen molar-refractivity contribution < 1.29 is 17.9 Å². The fraction of sp³-hybridized carbons (Fsp3) is 0.350. The fourth-order valence-corrected chi connectivity index (χ4v) is 5.24. The van der Waals surface area contributed by atoms with Crippen LogP contribution in [0.25, 0.3) is 0 Å². The maximum absolute atomic E-state index is 13.4. The molecule has 0 amide bonds. The lowest BCUT2D eigenvalue weighted by Crippen LogP contribution is -2.46. The zero-order chi connectivity index (χ0) is 19.2. The van der Waals surface area contributed by atoms with Gasteiger partial charge in [-0.25, -0.2) is 8.42 Å². The number of anilines is 2. The van der Waals surface area contributed by atoms with Crippen LogP contribution in [0.1, 0.15) is 24.8 Å². The Bertz CT molecular complexity index is 986. The summed E-state index contributed by atoms with van der Waals surface area (Å²) in [6, 6.07) is 11.8. The summed E-state index contributed by atoms with van der Waals surface area (Å²) in [6.45, 7) is 2.08. The van der Waals surface area contributed by atoms with E-state index < -0.39 is 10.0 Å². The maximum Gasteiger partial charge on any atom is 0.264 e. The topological polar surface area (TPSA) is 89.7 Å². The number of carbonyl (C=O) groups is 1. The quantitative estimate of drug-likeness (QED) is 0.819. The first kappa shape index (κ1) is 17.9. The second kappa shape index (κ2) is 6.56. The van der Waals surface area contributed by atoms with Crippen LogP contribution in [0, 0.1) is 12.8 Å². The lowest BCUT2D eigenvalue weighted by atomic mass is 9.99. The summed E-state index contributed by atoms with van der Waals surface area (Å²) in [6.07, 6.45) is 1.34. The summed E-state index contributed by atoms with van der Waals surface area (Å²) in [5, 5.41) is 0. The third kappa shape index (κ3) is 3.27. The Morgan fingerprint density at radius 2 is 1.89 bits per heavy atom. The van der Waals surface area contributed by atoms with E-state index in [4.69, 9.17) is 10.5 Å². The summed E-state index contributed by atoms with van der Waals surface area (Å²) < 4.78 is 34.2. The molecule has 4 rings (SSSR count). The number of nitrogens with zero attached hydrogens (tertiary/aromatic N) is 1. The Morgan fingerprint density at radius 1 is 1.15 bits per heavy atom. The van der Waals surface area contributed by atoms with Crippen molar-refractivity contribution in [3.63, 3.8) is 0 Å². The van der Waals surface area contributed by atoms with E-state index >= 15 is 0 Å². The summed E-state index contributed by atoms with van der Waals surface area (Å²) in [7, 11) is -3.77. The second-order valence-electron chi connectivity index (χ2n) is 7.27. The Kier molecular flexibility index (Phi) is 4.34. The van der Waals surface area contributed by atoms with Crippen LogP contribution in [-0.2, 0) is 14.8 Å². The molecule has 7 heteroatoms. The minimum absolute atomic E-state index is 0.0268. The van der Waals surface area contributed by atoms with Gasteiger partial charge in [-0.1, -0.05) is 17.7 Å². The van der Waals surface area contributed by atoms with Crippen LogP contribution in [0.3, 0.4) is 0 Å². The molecule has 2 N–H and O–H groups in total. The lowest BCUT2D eigenvalue weighted by molar-refractivity contribution is -0.117. The van der Waals surface area contributed by atoms with Crippen molar-refractivity contribution in [3.8, 4) is 5.75 Å². The third-order valence-electron chi connectivity index (χ3n) is 5.29. The number of Topliss-reactive ketones (excluding diaryl/α,β-unsaturated/α-hetero) is 1. The molecule has 6 nitrogen and oxygen atoms in total. The van der Waals surface area contributed by atoms with E-state index in [-0.39, 0.29) is 29.2 Å². The average Bonchev–Trinajstić information content (AvgIpc) is 3.07. The number of hydrogen-bond acceptors (Lipinski definition) is 5. The molecule has 142 valence electrons. The standard InChI is InChI=1S/C20H22N2O4S/c1-13-2-7-17(8-3-13)27(24,25)22-12-20(14-4-6-16(23)10-14)26-19-9-5-15(21)11-18(19)22/h2-3,5,7-9,11,14,20H,4,6,10,12,21H2,1H3. The van der Waals surface area contributed by atoms with E-state index in [0.29, 0.717) is 30.0 Å². The first-order chi connectivity index (χ1) is 12.8. The van der Waals surface area contributed by atoms with Gasteiger partial charge < -0.3 is 10.5 Å². The summed E-state index contributed by atoms with van der Waals surface area (Å²) in [5.74, 6) is 0.717. The van der Waals surface area contributed by atoms with E-state index in [0.717, 1.165) is 12.0 Å². The Hall–Kier alpha value is -2.54. The predicted octanol–water partition coefficient (Wildman–Crippen LogP) is 2.90. The van der Waals surface area contributed by atoms with Crippen molar-refractivity contribution in [2.75, 3.05) is 16.6 Å². The summed E-state index contributed by atoms with van der Waals surface area (Å²) in [5.41, 5.74) is 7.80. The molecular formula is C20H22N2O4S. The molecule has 2 aliphatic rings. The third-order valence-corrected chi connectivity index (χ3v) is 7.09. The van der Waals surface area contributed by atoms with Crippen LogP contribution in [0.5, 0.6) is 5.75 Å². The van der Waals surface area contributed by atoms with Gasteiger partial charge in [-0.05, 0) is 43.7 Å². The summed E-state index contributed by atoms with van der Waals surface area (Å²) in [4.78, 5) is 11.9. The number of hydrogen-bond donors (Lipinski definition) is 1. The van der Waals surface area contributed by atoms with Gasteiger partial charge in [0, 0.05) is 24.4 Å². The molecule has 2 atom stereocenters. The monoisotopic (exact) mass is 386 g/mol. The molecule has 2 aromatic carbocycles. The number of ether oxygens (including phenoxy) is 1. The molecule has 1 aliphatic carbocycles. The molecule has 2 unspecified atom stereocenters. The molecule has 1 fully saturated rings. The first-order valence-electron chi connectivity index (χ1n) is 9.02. The predicted molar refractivity (Wildman–Crippen MR) is 103 cm³/mol. The molecule has 1 aliphatic heterocycles. The van der Waals surface area contributed by atoms with Crippen molar-refractivity contribution in [2.24, 2.45) is 5.92 Å². The van der Waals surface area contributed by atoms with Crippen LogP contribution in [0.2, 0.25) is 0 Å². The molecule has 0 radical (unpaired) electrons. The van der Waals surface area contributed by atoms with Crippen molar-refractivity contribution in [2.45, 2.75) is 37.2 Å². The number of rotatable bonds is 3. The second-order valence-corrected chi connectivity index (χ2v) is 9.14. The highest BCUT2D eigenvalue weighted by Gasteiger charge is 2.40. The zero-order valence-corrected chi connectivity index (χ0v) is 15.9. The number of nitrogen functional groups attached to an aromatic ring is 1. The van der Waals surface area contributed by atoms with Crippen LogP contribution in [0.4, 0.5) is 11.4 Å². The van der Waals surface area contributed by atoms with Gasteiger partial charge in [-0.3, -0.25) is 9.10 Å². The number of fused-ring (bicyclic) bond motifs is 1. The van der Waals surface area contributed by atoms with E-state index in [1.807, 2.05) is 6.92 Å². The molecule has 1 heterocycles. The smallest absolute Gasteiger partial charge is 0.264 e. The van der Waals surface area contributed by atoms with E-state index in [1.165, 1.54) is 4.31 Å². The molecule has 0 bridgehead atoms. The Labute approximate surface area is 159 Å². The first-order valence-corrected chi connectivity index (χ1v) is 10.5. The van der Waals surface area contributed by atoms with Crippen molar-refractivity contribution in [1.82, 2.24) is 0 Å². The van der Waals surface area contributed by atoms with Crippen molar-refractivity contribution in [1.29, 1.82) is 0 Å². The molecule has 0 saturated heterocycles. The van der Waals surface area contributed by atoms with Crippen LogP contribution in [0.15, 0.2) is 47.4 Å². The van der Waals surface area contributed by atoms with Crippen molar-refractivity contribution in [3.05, 3.63) is 48.0 Å². The van der Waals surface area contributed by atoms with Gasteiger partial charge >= 0.3 is 0 Å². The molecule has 2 aromatic rings. The minimum Gasteiger partial charge on any atom is -0.486 e. The number of aryl methyl sites for hydroxylation is 1. The van der Waals surface area contributed by atoms with Gasteiger partial charge in [0.25, 0.3) is 10.0 Å². The molecule has 27 heavy (non-hydrogen) atoms. The van der Waals surface area contributed by atoms with Gasteiger partial charge in [-0.2, -0.15) is 0 Å². The lowest BCUT2D eigenvalue weighted by Gasteiger charge is -2.37. The van der Waals surface area contributed by atoms with Gasteiger partial charge in [0.05, 0.1) is 17.1 Å². The fourth-order valence-electron chi connectivity index (χ4n) is 3.76. The van der Waals surface area contributed by atoms with Gasteiger partial charge in [-0.15, -0.1) is 0 Å². The van der Waals surface area contributed by atoms with E-state index in [2.05, 4.69) is 0 Å². The SMILES string of the molecule is Cc1ccc(S(=O)(=O)N2CC(C3CCC(=O)C3)Oc3ccc(N)cc32)cc1. The molecule has 0 aromatic heterocycles. The zero-order valence-electron chi connectivity index (χ0n) is 15.1. The van der Waals surface area contributed by atoms with E-state index in [9.17, 15) is 13.2 Å². The number of ketones is 1. The van der Waals surface area contributed by atoms with Gasteiger partial charge in [0.2, 0.25) is 0 Å². The highest BCUT2D eigenvalue weighted by Crippen LogP contribution is 2.41. The maximum atomic E-state index is 13.4. The number of sulfonamides is 1. The number of benzene rings is 2. The van der Waals surface area contributed by atoms with Gasteiger partial charge in [0.15, 0.2) is 0 Å². The molecule has 1 saturated carbocycles. The van der Waals surface area contributed by atoms with Crippen LogP contribution in [-0.4, -0.2) is 26.8 Å². The van der Waals surface area contributed by atoms with Crippen LogP contribution < -0.4 is 14.8 Å². The number of nitrogens with two attached hydrogens (primary N) is 1. The largest absolute Gasteiger partial charge is 0.486 e. The van der Waals surface area contributed by atoms with Crippen LogP contribution >= 0.6 is 0 Å². The van der Waals surface area contributed by atoms with E-state index in [1.54, 1.807) is 42.5 Å². The molecule has 0 spiro atoms. The Balaban J connectivity index is 1.76. The van der Waals surface area contributed by atoms with Gasteiger partial charge in [0.1, 0.15) is 17.6 Å². The highest BCUT2D eigenvalue weighted by atomic mass is 32.2. The van der Waals surface area contributed by atoms with Crippen molar-refractivity contribution >= 4 is 27.2 Å². The Morgan fingerprint density at radius 3 is 2.56 bits per heavy atom.